The summed E-state index contributed by atoms with van der Waals surface area (Å²) in [6, 6.07) is 2.16. The maximum atomic E-state index is 13.5. The molecule has 0 aliphatic rings. The van der Waals surface area contributed by atoms with Crippen molar-refractivity contribution in [1.82, 2.24) is 0 Å². The van der Waals surface area contributed by atoms with Gasteiger partial charge in [0.15, 0.2) is 17.5 Å². The lowest BCUT2D eigenvalue weighted by Gasteiger charge is -2.39. The molecule has 0 N–H and O–H groups in total. The Labute approximate surface area is 193 Å². The largest absolute Gasteiger partial charge is 0.328 e. The van der Waals surface area contributed by atoms with Gasteiger partial charge in [-0.3, -0.25) is 0 Å². The zero-order valence-corrected chi connectivity index (χ0v) is 20.5. The molecule has 186 valence electrons. The Morgan fingerprint density at radius 1 is 0.688 bits per heavy atom. The molecule has 0 aromatic heterocycles. The Balaban J connectivity index is 2.75. The van der Waals surface area contributed by atoms with E-state index >= 15 is 0 Å². The highest BCUT2D eigenvalue weighted by Crippen LogP contribution is 2.34. The standard InChI is InChI=1S/C26H43F3O3/c1-5-9-10-11-12-13-17-22(26(30-6-2,31-7-3)32-8-4)18-15-14-16-21-19-23(27)25(29)24(28)20-21/h19-20,22H,5-18H2,1-4H3. The fourth-order valence-corrected chi connectivity index (χ4v) is 4.22. The van der Waals surface area contributed by atoms with Gasteiger partial charge < -0.3 is 14.2 Å². The van der Waals surface area contributed by atoms with Gasteiger partial charge in [-0.15, -0.1) is 0 Å². The first-order valence-electron chi connectivity index (χ1n) is 12.5. The molecule has 0 amide bonds. The van der Waals surface area contributed by atoms with Crippen molar-refractivity contribution in [2.75, 3.05) is 19.8 Å². The molecule has 0 saturated heterocycles. The van der Waals surface area contributed by atoms with E-state index in [1.54, 1.807) is 0 Å². The molecule has 0 spiro atoms. The van der Waals surface area contributed by atoms with E-state index in [2.05, 4.69) is 6.92 Å². The molecule has 0 saturated carbocycles. The average Bonchev–Trinajstić information content (AvgIpc) is 2.76. The topological polar surface area (TPSA) is 27.7 Å². The van der Waals surface area contributed by atoms with Crippen LogP contribution in [0.3, 0.4) is 0 Å². The predicted octanol–water partition coefficient (Wildman–Crippen LogP) is 7.95. The summed E-state index contributed by atoms with van der Waals surface area (Å²) >= 11 is 0. The molecule has 0 bridgehead atoms. The molecular weight excluding hydrogens is 417 g/mol. The maximum Gasteiger partial charge on any atom is 0.285 e. The Bertz CT molecular complexity index is 584. The highest BCUT2D eigenvalue weighted by atomic mass is 19.2. The second-order valence-electron chi connectivity index (χ2n) is 8.28. The van der Waals surface area contributed by atoms with E-state index in [-0.39, 0.29) is 5.92 Å². The Morgan fingerprint density at radius 2 is 1.16 bits per heavy atom. The maximum absolute atomic E-state index is 13.5. The van der Waals surface area contributed by atoms with Gasteiger partial charge >= 0.3 is 0 Å². The monoisotopic (exact) mass is 460 g/mol. The van der Waals surface area contributed by atoms with Crippen molar-refractivity contribution >= 4 is 0 Å². The zero-order chi connectivity index (χ0) is 23.8. The molecule has 0 aliphatic carbocycles. The third-order valence-electron chi connectivity index (χ3n) is 5.75. The van der Waals surface area contributed by atoms with Gasteiger partial charge in [0.05, 0.1) is 0 Å². The van der Waals surface area contributed by atoms with E-state index in [0.717, 1.165) is 44.2 Å². The van der Waals surface area contributed by atoms with E-state index in [1.807, 2.05) is 20.8 Å². The number of hydrogen-bond donors (Lipinski definition) is 0. The number of aryl methyl sites for hydroxylation is 1. The van der Waals surface area contributed by atoms with Crippen molar-refractivity contribution in [3.8, 4) is 0 Å². The molecule has 0 fully saturated rings. The predicted molar refractivity (Wildman–Crippen MR) is 123 cm³/mol. The lowest BCUT2D eigenvalue weighted by molar-refractivity contribution is -0.403. The van der Waals surface area contributed by atoms with Gasteiger partial charge in [0.25, 0.3) is 5.97 Å². The van der Waals surface area contributed by atoms with Crippen molar-refractivity contribution < 1.29 is 27.4 Å². The summed E-state index contributed by atoms with van der Waals surface area (Å²) in [4.78, 5) is 0. The number of benzene rings is 1. The van der Waals surface area contributed by atoms with Gasteiger partial charge in [0, 0.05) is 25.7 Å². The van der Waals surface area contributed by atoms with Crippen LogP contribution in [0.4, 0.5) is 13.2 Å². The first kappa shape index (κ1) is 28.9. The number of unbranched alkanes of at least 4 members (excludes halogenated alkanes) is 6. The lowest BCUT2D eigenvalue weighted by atomic mass is 9.91. The van der Waals surface area contributed by atoms with Crippen LogP contribution >= 0.6 is 0 Å². The van der Waals surface area contributed by atoms with Crippen LogP contribution in [0.25, 0.3) is 0 Å². The SMILES string of the molecule is CCCCCCCCC(CCCCc1cc(F)c(F)c(F)c1)C(OCC)(OCC)OCC. The van der Waals surface area contributed by atoms with Crippen LogP contribution in [0.5, 0.6) is 0 Å². The molecular formula is C26H43F3O3. The second-order valence-corrected chi connectivity index (χ2v) is 8.28. The highest BCUT2D eigenvalue weighted by Gasteiger charge is 2.41. The van der Waals surface area contributed by atoms with E-state index in [4.69, 9.17) is 14.2 Å². The Kier molecular flexibility index (Phi) is 14.9. The van der Waals surface area contributed by atoms with Crippen LogP contribution in [0.2, 0.25) is 0 Å². The summed E-state index contributed by atoms with van der Waals surface area (Å²) in [6.07, 6.45) is 11.1. The first-order chi connectivity index (χ1) is 15.4. The van der Waals surface area contributed by atoms with Crippen LogP contribution < -0.4 is 0 Å². The normalized spacial score (nSPS) is 13.0. The smallest absolute Gasteiger partial charge is 0.285 e. The summed E-state index contributed by atoms with van der Waals surface area (Å²) in [5.41, 5.74) is 0.472. The van der Waals surface area contributed by atoms with Crippen LogP contribution in [0, 0.1) is 23.4 Å². The van der Waals surface area contributed by atoms with Crippen molar-refractivity contribution in [3.05, 3.63) is 35.1 Å². The lowest BCUT2D eigenvalue weighted by Crippen LogP contribution is -2.46. The molecule has 0 radical (unpaired) electrons. The third kappa shape index (κ3) is 9.80. The molecule has 32 heavy (non-hydrogen) atoms. The van der Waals surface area contributed by atoms with E-state index < -0.39 is 23.4 Å². The Morgan fingerprint density at radius 3 is 1.66 bits per heavy atom. The quantitative estimate of drug-likeness (QED) is 0.119. The summed E-state index contributed by atoms with van der Waals surface area (Å²) in [5, 5.41) is 0. The summed E-state index contributed by atoms with van der Waals surface area (Å²) in [7, 11) is 0. The van der Waals surface area contributed by atoms with Crippen LogP contribution in [0.1, 0.15) is 97.5 Å². The Hall–Kier alpha value is -1.11. The third-order valence-corrected chi connectivity index (χ3v) is 5.75. The van der Waals surface area contributed by atoms with Crippen molar-refractivity contribution in [2.45, 2.75) is 104 Å². The van der Waals surface area contributed by atoms with Crippen LogP contribution in [-0.2, 0) is 20.6 Å². The van der Waals surface area contributed by atoms with Crippen molar-refractivity contribution in [1.29, 1.82) is 0 Å². The molecule has 0 aliphatic heterocycles. The number of ether oxygens (including phenoxy) is 3. The van der Waals surface area contributed by atoms with E-state index in [0.29, 0.717) is 31.8 Å². The van der Waals surface area contributed by atoms with Gasteiger partial charge in [-0.25, -0.2) is 13.2 Å². The van der Waals surface area contributed by atoms with Crippen molar-refractivity contribution in [3.63, 3.8) is 0 Å². The van der Waals surface area contributed by atoms with Gasteiger partial charge in [0.1, 0.15) is 0 Å². The summed E-state index contributed by atoms with van der Waals surface area (Å²) in [6.45, 7) is 9.49. The first-order valence-corrected chi connectivity index (χ1v) is 12.5. The summed E-state index contributed by atoms with van der Waals surface area (Å²) in [5.74, 6) is -4.68. The molecule has 0 heterocycles. The minimum atomic E-state index is -1.41. The van der Waals surface area contributed by atoms with E-state index in [1.165, 1.54) is 32.1 Å². The molecule has 1 atom stereocenters. The zero-order valence-electron chi connectivity index (χ0n) is 20.5. The fraction of sp³-hybridized carbons (Fsp3) is 0.769. The van der Waals surface area contributed by atoms with Gasteiger partial charge in [0.2, 0.25) is 0 Å². The molecule has 1 rings (SSSR count). The number of hydrogen-bond acceptors (Lipinski definition) is 3. The fourth-order valence-electron chi connectivity index (χ4n) is 4.22. The molecule has 1 aromatic rings. The van der Waals surface area contributed by atoms with Gasteiger partial charge in [-0.1, -0.05) is 51.9 Å². The van der Waals surface area contributed by atoms with Crippen molar-refractivity contribution in [2.24, 2.45) is 5.92 Å². The van der Waals surface area contributed by atoms with Crippen LogP contribution in [0.15, 0.2) is 12.1 Å². The molecule has 6 heteroatoms. The van der Waals surface area contributed by atoms with Crippen LogP contribution in [-0.4, -0.2) is 25.8 Å². The summed E-state index contributed by atoms with van der Waals surface area (Å²) < 4.78 is 58.3. The minimum Gasteiger partial charge on any atom is -0.328 e. The highest BCUT2D eigenvalue weighted by molar-refractivity contribution is 5.19. The molecule has 3 nitrogen and oxygen atoms in total. The van der Waals surface area contributed by atoms with Gasteiger partial charge in [-0.2, -0.15) is 0 Å². The number of halogens is 3. The molecule has 1 unspecified atom stereocenters. The van der Waals surface area contributed by atoms with E-state index in [9.17, 15) is 13.2 Å². The molecule has 1 aromatic carbocycles. The second kappa shape index (κ2) is 16.5. The van der Waals surface area contributed by atoms with Gasteiger partial charge in [-0.05, 0) is 64.2 Å². The minimum absolute atomic E-state index is 0.0650. The average molecular weight is 461 g/mol. The number of rotatable bonds is 19.